The van der Waals surface area contributed by atoms with Crippen molar-refractivity contribution in [3.63, 3.8) is 0 Å². The van der Waals surface area contributed by atoms with E-state index in [0.29, 0.717) is 16.7 Å². The Morgan fingerprint density at radius 3 is 2.07 bits per heavy atom. The molecule has 0 atom stereocenters. The minimum atomic E-state index is -0.512. The molecule has 0 aliphatic carbocycles. The van der Waals surface area contributed by atoms with Gasteiger partial charge in [0.1, 0.15) is 11.3 Å². The zero-order valence-corrected chi connectivity index (χ0v) is 17.8. The van der Waals surface area contributed by atoms with E-state index in [9.17, 15) is 4.79 Å². The molecule has 6 heteroatoms. The lowest BCUT2D eigenvalue weighted by Crippen LogP contribution is -2.41. The second kappa shape index (κ2) is 6.75. The van der Waals surface area contributed by atoms with Gasteiger partial charge in [-0.15, -0.1) is 0 Å². The average molecular weight is 391 g/mol. The first-order chi connectivity index (χ1) is 13.6. The molecule has 2 aromatic carbocycles. The van der Waals surface area contributed by atoms with Gasteiger partial charge in [-0.25, -0.2) is 0 Å². The minimum absolute atomic E-state index is 0.0868. The zero-order chi connectivity index (χ0) is 21.0. The van der Waals surface area contributed by atoms with Crippen LogP contribution in [0.15, 0.2) is 57.7 Å². The number of hydrogen-bond acceptors (Lipinski definition) is 5. The second-order valence-electron chi connectivity index (χ2n) is 8.76. The predicted molar refractivity (Wildman–Crippen MR) is 118 cm³/mol. The average Bonchev–Trinajstić information content (AvgIpc) is 2.89. The third-order valence-corrected chi connectivity index (χ3v) is 5.94. The lowest BCUT2D eigenvalue weighted by Gasteiger charge is -2.32. The van der Waals surface area contributed by atoms with Gasteiger partial charge < -0.3 is 18.6 Å². The first-order valence-corrected chi connectivity index (χ1v) is 9.79. The van der Waals surface area contributed by atoms with Crippen molar-refractivity contribution in [2.75, 3.05) is 19.0 Å². The molecule has 5 nitrogen and oxygen atoms in total. The Morgan fingerprint density at radius 1 is 0.862 bits per heavy atom. The van der Waals surface area contributed by atoms with Crippen molar-refractivity contribution in [1.29, 1.82) is 0 Å². The number of nitrogens with zero attached hydrogens (tertiary/aromatic N) is 1. The molecule has 1 aliphatic rings. The van der Waals surface area contributed by atoms with Crippen molar-refractivity contribution < 1.29 is 13.7 Å². The normalized spacial score (nSPS) is 17.7. The summed E-state index contributed by atoms with van der Waals surface area (Å²) in [5.41, 5.74) is 2.36. The van der Waals surface area contributed by atoms with Crippen LogP contribution < -0.4 is 15.8 Å². The number of rotatable bonds is 3. The van der Waals surface area contributed by atoms with Gasteiger partial charge in [-0.3, -0.25) is 4.79 Å². The van der Waals surface area contributed by atoms with E-state index in [1.807, 2.05) is 89.2 Å². The summed E-state index contributed by atoms with van der Waals surface area (Å²) < 4.78 is 18.2. The molecule has 0 radical (unpaired) electrons. The predicted octanol–water partition coefficient (Wildman–Crippen LogP) is 3.83. The van der Waals surface area contributed by atoms with Crippen LogP contribution in [0.1, 0.15) is 27.7 Å². The number of fused-ring (bicyclic) bond motifs is 1. The van der Waals surface area contributed by atoms with Crippen LogP contribution in [0.5, 0.6) is 0 Å². The van der Waals surface area contributed by atoms with Crippen LogP contribution in [0.3, 0.4) is 0 Å². The summed E-state index contributed by atoms with van der Waals surface area (Å²) in [5, 5.41) is 0.519. The lowest BCUT2D eigenvalue weighted by molar-refractivity contribution is 0.00578. The van der Waals surface area contributed by atoms with E-state index in [-0.39, 0.29) is 5.43 Å². The SMILES string of the molecule is CN(C)c1ccc(-c2cc(=O)c3cc(B4OC(C)(C)C(C)(C)O4)ccc3o2)cc1. The second-order valence-corrected chi connectivity index (χ2v) is 8.76. The Kier molecular flexibility index (Phi) is 4.59. The van der Waals surface area contributed by atoms with Crippen LogP contribution in [-0.2, 0) is 9.31 Å². The first-order valence-electron chi connectivity index (χ1n) is 9.79. The Labute approximate surface area is 171 Å². The van der Waals surface area contributed by atoms with E-state index in [4.69, 9.17) is 13.7 Å². The van der Waals surface area contributed by atoms with Crippen LogP contribution in [-0.4, -0.2) is 32.4 Å². The van der Waals surface area contributed by atoms with Gasteiger partial charge in [-0.2, -0.15) is 0 Å². The summed E-state index contributed by atoms with van der Waals surface area (Å²) in [4.78, 5) is 14.8. The molecule has 29 heavy (non-hydrogen) atoms. The summed E-state index contributed by atoms with van der Waals surface area (Å²) in [6, 6.07) is 15.0. The number of anilines is 1. The summed E-state index contributed by atoms with van der Waals surface area (Å²) in [6.45, 7) is 8.04. The van der Waals surface area contributed by atoms with E-state index < -0.39 is 18.3 Å². The fourth-order valence-corrected chi connectivity index (χ4v) is 3.37. The van der Waals surface area contributed by atoms with E-state index in [2.05, 4.69) is 0 Å². The summed E-state index contributed by atoms with van der Waals surface area (Å²) >= 11 is 0. The largest absolute Gasteiger partial charge is 0.494 e. The molecule has 150 valence electrons. The minimum Gasteiger partial charge on any atom is -0.456 e. The first kappa shape index (κ1) is 19.7. The molecule has 0 saturated carbocycles. The van der Waals surface area contributed by atoms with Crippen LogP contribution in [0.2, 0.25) is 0 Å². The van der Waals surface area contributed by atoms with Crippen LogP contribution in [0.4, 0.5) is 5.69 Å². The molecule has 0 bridgehead atoms. The topological polar surface area (TPSA) is 51.9 Å². The van der Waals surface area contributed by atoms with Gasteiger partial charge in [-0.1, -0.05) is 6.07 Å². The molecule has 1 saturated heterocycles. The Morgan fingerprint density at radius 2 is 1.48 bits per heavy atom. The summed E-state index contributed by atoms with van der Waals surface area (Å²) in [6.07, 6.45) is 0. The fourth-order valence-electron chi connectivity index (χ4n) is 3.37. The van der Waals surface area contributed by atoms with E-state index in [0.717, 1.165) is 16.7 Å². The molecule has 1 fully saturated rings. The van der Waals surface area contributed by atoms with Crippen LogP contribution in [0.25, 0.3) is 22.3 Å². The monoisotopic (exact) mass is 391 g/mol. The third-order valence-electron chi connectivity index (χ3n) is 5.94. The molecule has 0 amide bonds. The highest BCUT2D eigenvalue weighted by molar-refractivity contribution is 6.62. The van der Waals surface area contributed by atoms with Gasteiger partial charge >= 0.3 is 7.12 Å². The van der Waals surface area contributed by atoms with Gasteiger partial charge in [0.2, 0.25) is 0 Å². The number of hydrogen-bond donors (Lipinski definition) is 0. The fraction of sp³-hybridized carbons (Fsp3) is 0.348. The van der Waals surface area contributed by atoms with Gasteiger partial charge in [0.15, 0.2) is 5.43 Å². The van der Waals surface area contributed by atoms with Gasteiger partial charge in [0, 0.05) is 31.4 Å². The molecule has 2 heterocycles. The van der Waals surface area contributed by atoms with Gasteiger partial charge in [-0.05, 0) is 69.6 Å². The van der Waals surface area contributed by atoms with Crippen LogP contribution in [0, 0.1) is 0 Å². The van der Waals surface area contributed by atoms with Crippen molar-refractivity contribution in [3.8, 4) is 11.3 Å². The Hall–Kier alpha value is -2.57. The highest BCUT2D eigenvalue weighted by atomic mass is 16.7. The molecule has 4 rings (SSSR count). The van der Waals surface area contributed by atoms with Crippen molar-refractivity contribution in [3.05, 3.63) is 58.8 Å². The Balaban J connectivity index is 1.70. The van der Waals surface area contributed by atoms with Crippen LogP contribution >= 0.6 is 0 Å². The van der Waals surface area contributed by atoms with E-state index >= 15 is 0 Å². The molecular formula is C23H26BNO4. The molecule has 0 spiro atoms. The quantitative estimate of drug-likeness (QED) is 0.636. The standard InChI is InChI=1S/C23H26BNO4/c1-22(2)23(3,4)29-24(28-22)16-9-12-20-18(13-16)19(26)14-21(27-20)15-7-10-17(11-8-15)25(5)6/h7-14H,1-6H3. The summed E-state index contributed by atoms with van der Waals surface area (Å²) in [5.74, 6) is 0.552. The molecule has 0 unspecified atom stereocenters. The maximum absolute atomic E-state index is 12.8. The van der Waals surface area contributed by atoms with E-state index in [1.165, 1.54) is 0 Å². The maximum Gasteiger partial charge on any atom is 0.494 e. The van der Waals surface area contributed by atoms with Crippen molar-refractivity contribution in [2.24, 2.45) is 0 Å². The van der Waals surface area contributed by atoms with Gasteiger partial charge in [0.25, 0.3) is 0 Å². The number of benzene rings is 2. The summed E-state index contributed by atoms with van der Waals surface area (Å²) in [7, 11) is 3.47. The molecule has 3 aromatic rings. The highest BCUT2D eigenvalue weighted by Crippen LogP contribution is 2.36. The van der Waals surface area contributed by atoms with E-state index in [1.54, 1.807) is 6.07 Å². The van der Waals surface area contributed by atoms with Crippen molar-refractivity contribution >= 4 is 29.2 Å². The van der Waals surface area contributed by atoms with Crippen molar-refractivity contribution in [1.82, 2.24) is 0 Å². The maximum atomic E-state index is 12.8. The molecular weight excluding hydrogens is 365 g/mol. The zero-order valence-electron chi connectivity index (χ0n) is 17.8. The smallest absolute Gasteiger partial charge is 0.456 e. The highest BCUT2D eigenvalue weighted by Gasteiger charge is 2.51. The Bertz CT molecular complexity index is 1100. The van der Waals surface area contributed by atoms with Crippen molar-refractivity contribution in [2.45, 2.75) is 38.9 Å². The molecule has 1 aliphatic heterocycles. The van der Waals surface area contributed by atoms with Gasteiger partial charge in [0.05, 0.1) is 16.6 Å². The molecule has 1 aromatic heterocycles. The lowest BCUT2D eigenvalue weighted by atomic mass is 9.78. The molecule has 0 N–H and O–H groups in total. The third kappa shape index (κ3) is 3.47.